The molecule has 0 heterocycles. The molecule has 4 heteroatoms. The number of halogens is 2. The van der Waals surface area contributed by atoms with E-state index in [1.54, 1.807) is 0 Å². The maximum atomic E-state index is 5.51. The molecule has 1 aliphatic rings. The highest BCUT2D eigenvalue weighted by molar-refractivity contribution is 5.85. The predicted molar refractivity (Wildman–Crippen MR) is 53.4 cm³/mol. The van der Waals surface area contributed by atoms with Crippen LogP contribution in [0, 0.1) is 11.8 Å². The third-order valence-corrected chi connectivity index (χ3v) is 2.32. The predicted octanol–water partition coefficient (Wildman–Crippen LogP) is 1.16. The van der Waals surface area contributed by atoms with Crippen LogP contribution in [0.3, 0.4) is 0 Å². The number of nitrogens with two attached hydrogens (primary N) is 2. The fraction of sp³-hybridized carbons (Fsp3) is 1.00. The van der Waals surface area contributed by atoms with Crippen molar-refractivity contribution in [2.45, 2.75) is 19.3 Å². The molecule has 1 saturated carbocycles. The minimum atomic E-state index is 0. The van der Waals surface area contributed by atoms with Crippen LogP contribution in [0.25, 0.3) is 0 Å². The van der Waals surface area contributed by atoms with Gasteiger partial charge in [-0.2, -0.15) is 0 Å². The maximum Gasteiger partial charge on any atom is -0.00488 e. The van der Waals surface area contributed by atoms with Crippen molar-refractivity contribution in [3.63, 3.8) is 0 Å². The molecule has 2 atom stereocenters. The zero-order valence-electron chi connectivity index (χ0n) is 6.66. The normalized spacial score (nSPS) is 28.9. The molecule has 0 aromatic rings. The van der Waals surface area contributed by atoms with E-state index in [1.165, 1.54) is 19.3 Å². The van der Waals surface area contributed by atoms with Gasteiger partial charge < -0.3 is 11.5 Å². The van der Waals surface area contributed by atoms with E-state index in [2.05, 4.69) is 0 Å². The second kappa shape index (κ2) is 7.17. The van der Waals surface area contributed by atoms with Crippen molar-refractivity contribution in [3.8, 4) is 0 Å². The molecule has 0 amide bonds. The highest BCUT2D eigenvalue weighted by Gasteiger charge is 2.21. The average molecular weight is 201 g/mol. The summed E-state index contributed by atoms with van der Waals surface area (Å²) in [5, 5.41) is 0. The summed E-state index contributed by atoms with van der Waals surface area (Å²) in [7, 11) is 0. The maximum absolute atomic E-state index is 5.51. The summed E-state index contributed by atoms with van der Waals surface area (Å²) in [5.74, 6) is 1.55. The molecule has 0 aliphatic heterocycles. The first-order valence-electron chi connectivity index (χ1n) is 3.77. The van der Waals surface area contributed by atoms with Crippen LogP contribution >= 0.6 is 24.8 Å². The van der Waals surface area contributed by atoms with Crippen molar-refractivity contribution >= 4 is 24.8 Å². The molecule has 0 radical (unpaired) electrons. The van der Waals surface area contributed by atoms with Crippen molar-refractivity contribution in [2.75, 3.05) is 13.1 Å². The van der Waals surface area contributed by atoms with Gasteiger partial charge >= 0.3 is 0 Å². The minimum Gasteiger partial charge on any atom is -0.330 e. The summed E-state index contributed by atoms with van der Waals surface area (Å²) < 4.78 is 0. The van der Waals surface area contributed by atoms with E-state index in [-0.39, 0.29) is 24.8 Å². The van der Waals surface area contributed by atoms with Crippen molar-refractivity contribution in [1.29, 1.82) is 0 Å². The van der Waals surface area contributed by atoms with Gasteiger partial charge in [-0.1, -0.05) is 0 Å². The first-order valence-corrected chi connectivity index (χ1v) is 3.77. The molecule has 1 fully saturated rings. The molecule has 1 rings (SSSR count). The largest absolute Gasteiger partial charge is 0.330 e. The van der Waals surface area contributed by atoms with E-state index in [1.807, 2.05) is 0 Å². The van der Waals surface area contributed by atoms with Crippen LogP contribution in [0.1, 0.15) is 19.3 Å². The smallest absolute Gasteiger partial charge is 0.00488 e. The minimum absolute atomic E-state index is 0. The van der Waals surface area contributed by atoms with Gasteiger partial charge in [0, 0.05) is 0 Å². The zero-order valence-corrected chi connectivity index (χ0v) is 8.29. The Hall–Kier alpha value is 0.500. The molecule has 4 N–H and O–H groups in total. The number of hydrogen-bond donors (Lipinski definition) is 2. The summed E-state index contributed by atoms with van der Waals surface area (Å²) >= 11 is 0. The van der Waals surface area contributed by atoms with Gasteiger partial charge in [0.1, 0.15) is 0 Å². The van der Waals surface area contributed by atoms with Crippen molar-refractivity contribution in [2.24, 2.45) is 23.3 Å². The summed E-state index contributed by atoms with van der Waals surface area (Å²) in [4.78, 5) is 0. The molecule has 1 aliphatic carbocycles. The summed E-state index contributed by atoms with van der Waals surface area (Å²) in [6, 6.07) is 0. The lowest BCUT2D eigenvalue weighted by molar-refractivity contribution is 0.505. The highest BCUT2D eigenvalue weighted by atomic mass is 35.5. The van der Waals surface area contributed by atoms with Crippen LogP contribution in [0.5, 0.6) is 0 Å². The lowest BCUT2D eigenvalue weighted by atomic mass is 10.1. The Bertz CT molecular complexity index is 80.5. The molecule has 2 unspecified atom stereocenters. The van der Waals surface area contributed by atoms with Gasteiger partial charge in [0.2, 0.25) is 0 Å². The Balaban J connectivity index is 0. The first kappa shape index (κ1) is 14.0. The topological polar surface area (TPSA) is 52.0 Å². The fourth-order valence-electron chi connectivity index (χ4n) is 1.61. The summed E-state index contributed by atoms with van der Waals surface area (Å²) in [5.41, 5.74) is 11.0. The van der Waals surface area contributed by atoms with Crippen LogP contribution in [-0.2, 0) is 0 Å². The Labute approximate surface area is 80.9 Å². The first-order chi connectivity index (χ1) is 4.36. The van der Waals surface area contributed by atoms with E-state index in [0.29, 0.717) is 0 Å². The second-order valence-electron chi connectivity index (χ2n) is 3.02. The Kier molecular flexibility index (Phi) is 9.15. The van der Waals surface area contributed by atoms with Gasteiger partial charge in [-0.3, -0.25) is 0 Å². The van der Waals surface area contributed by atoms with Gasteiger partial charge in [0.05, 0.1) is 0 Å². The molecular weight excluding hydrogens is 183 g/mol. The van der Waals surface area contributed by atoms with Crippen LogP contribution < -0.4 is 11.5 Å². The van der Waals surface area contributed by atoms with E-state index in [4.69, 9.17) is 11.5 Å². The standard InChI is InChI=1S/C7H16N2.2ClH/c8-4-6-1-2-7(3-6)5-9;;/h6-7H,1-5,8-9H2;2*1H. The van der Waals surface area contributed by atoms with Crippen LogP contribution in [0.4, 0.5) is 0 Å². The van der Waals surface area contributed by atoms with Gasteiger partial charge in [-0.15, -0.1) is 24.8 Å². The molecule has 0 aromatic carbocycles. The Morgan fingerprint density at radius 1 is 0.909 bits per heavy atom. The third-order valence-electron chi connectivity index (χ3n) is 2.32. The molecular formula is C7H18Cl2N2. The van der Waals surface area contributed by atoms with E-state index in [0.717, 1.165) is 24.9 Å². The van der Waals surface area contributed by atoms with Crippen molar-refractivity contribution < 1.29 is 0 Å². The SMILES string of the molecule is Cl.Cl.NCC1CCC(CN)C1. The molecule has 0 saturated heterocycles. The summed E-state index contributed by atoms with van der Waals surface area (Å²) in [6.07, 6.45) is 3.88. The quantitative estimate of drug-likeness (QED) is 0.704. The highest BCUT2D eigenvalue weighted by Crippen LogP contribution is 2.28. The van der Waals surface area contributed by atoms with Crippen LogP contribution in [0.15, 0.2) is 0 Å². The van der Waals surface area contributed by atoms with Crippen molar-refractivity contribution in [1.82, 2.24) is 0 Å². The molecule has 0 bridgehead atoms. The lowest BCUT2D eigenvalue weighted by Crippen LogP contribution is -2.14. The molecule has 0 aromatic heterocycles. The Morgan fingerprint density at radius 3 is 1.45 bits per heavy atom. The average Bonchev–Trinajstić information content (AvgIpc) is 2.34. The fourth-order valence-corrected chi connectivity index (χ4v) is 1.61. The van der Waals surface area contributed by atoms with Crippen LogP contribution in [0.2, 0.25) is 0 Å². The van der Waals surface area contributed by atoms with E-state index in [9.17, 15) is 0 Å². The van der Waals surface area contributed by atoms with Gasteiger partial charge in [0.15, 0.2) is 0 Å². The zero-order chi connectivity index (χ0) is 6.69. The van der Waals surface area contributed by atoms with Gasteiger partial charge in [-0.25, -0.2) is 0 Å². The number of rotatable bonds is 2. The van der Waals surface area contributed by atoms with E-state index >= 15 is 0 Å². The molecule has 2 nitrogen and oxygen atoms in total. The van der Waals surface area contributed by atoms with Crippen molar-refractivity contribution in [3.05, 3.63) is 0 Å². The molecule has 70 valence electrons. The molecule has 11 heavy (non-hydrogen) atoms. The number of hydrogen-bond acceptors (Lipinski definition) is 2. The second-order valence-corrected chi connectivity index (χ2v) is 3.02. The lowest BCUT2D eigenvalue weighted by Gasteiger charge is -2.05. The Morgan fingerprint density at radius 2 is 1.27 bits per heavy atom. The van der Waals surface area contributed by atoms with Crippen LogP contribution in [-0.4, -0.2) is 13.1 Å². The van der Waals surface area contributed by atoms with E-state index < -0.39 is 0 Å². The molecule has 0 spiro atoms. The van der Waals surface area contributed by atoms with Gasteiger partial charge in [0.25, 0.3) is 0 Å². The monoisotopic (exact) mass is 200 g/mol. The van der Waals surface area contributed by atoms with Gasteiger partial charge in [-0.05, 0) is 44.2 Å². The summed E-state index contributed by atoms with van der Waals surface area (Å²) in [6.45, 7) is 1.72. The third kappa shape index (κ3) is 4.16.